The highest BCUT2D eigenvalue weighted by Crippen LogP contribution is 2.46. The van der Waals surface area contributed by atoms with Gasteiger partial charge >= 0.3 is 5.97 Å². The van der Waals surface area contributed by atoms with Crippen molar-refractivity contribution in [3.05, 3.63) is 39.9 Å². The fourth-order valence-corrected chi connectivity index (χ4v) is 4.41. The molecule has 4 atom stereocenters. The molecule has 0 aromatic heterocycles. The van der Waals surface area contributed by atoms with Crippen molar-refractivity contribution in [2.24, 2.45) is 5.92 Å². The van der Waals surface area contributed by atoms with Crippen LogP contribution in [0.3, 0.4) is 0 Å². The molecular formula is C16H14N2O6S2. The van der Waals surface area contributed by atoms with Crippen molar-refractivity contribution in [3.63, 3.8) is 0 Å². The first kappa shape index (κ1) is 18.5. The van der Waals surface area contributed by atoms with E-state index in [2.05, 4.69) is 0 Å². The number of benzene rings is 1. The number of aliphatic hydroxyl groups excluding tert-OH is 1. The van der Waals surface area contributed by atoms with Crippen LogP contribution in [-0.4, -0.2) is 59.3 Å². The van der Waals surface area contributed by atoms with Gasteiger partial charge in [-0.25, -0.2) is 4.79 Å². The standard InChI is InChI=1S/C16H14N2O6S2/c1-7(19)10-11-12(25)13(26)16(15(21)22,17(11)14(10)20)6-8-2-4-9(5-3-8)18(23)24/h2-5,7,10-11,19H,6H2,1H3,(H,21,22)/t7-,10+,11?,16?/m1/s1. The van der Waals surface area contributed by atoms with E-state index in [0.29, 0.717) is 5.56 Å². The van der Waals surface area contributed by atoms with Crippen LogP contribution < -0.4 is 0 Å². The molecule has 0 radical (unpaired) electrons. The average molecular weight is 394 g/mol. The third kappa shape index (κ3) is 2.37. The first-order valence-corrected chi connectivity index (χ1v) is 8.51. The van der Waals surface area contributed by atoms with Crippen molar-refractivity contribution >= 4 is 51.7 Å². The van der Waals surface area contributed by atoms with Gasteiger partial charge in [0.1, 0.15) is 0 Å². The number of non-ortho nitro benzene ring substituents is 1. The molecule has 2 fully saturated rings. The van der Waals surface area contributed by atoms with Crippen LogP contribution in [0.25, 0.3) is 0 Å². The van der Waals surface area contributed by atoms with E-state index >= 15 is 0 Å². The zero-order valence-electron chi connectivity index (χ0n) is 13.5. The number of aliphatic carboxylic acids is 1. The maximum Gasteiger partial charge on any atom is 0.335 e. The fourth-order valence-electron chi connectivity index (χ4n) is 3.61. The molecule has 2 heterocycles. The van der Waals surface area contributed by atoms with Gasteiger partial charge in [0.25, 0.3) is 5.69 Å². The molecule has 1 amide bonds. The van der Waals surface area contributed by atoms with Crippen LogP contribution in [0.15, 0.2) is 24.3 Å². The van der Waals surface area contributed by atoms with Gasteiger partial charge in [-0.05, 0) is 12.5 Å². The molecular weight excluding hydrogens is 380 g/mol. The number of aliphatic hydroxyl groups is 1. The first-order chi connectivity index (χ1) is 12.1. The number of nitrogens with zero attached hydrogens (tertiary/aromatic N) is 2. The SMILES string of the molecule is C[C@@H](O)[C@@H]1C(=O)N2C1C(=S)C(=S)C2(Cc1ccc([N+](=O)[O-])cc1)C(=O)O. The third-order valence-electron chi connectivity index (χ3n) is 4.90. The molecule has 3 rings (SSSR count). The summed E-state index contributed by atoms with van der Waals surface area (Å²) in [6.45, 7) is 1.45. The monoisotopic (exact) mass is 394 g/mol. The van der Waals surface area contributed by atoms with Crippen molar-refractivity contribution in [2.45, 2.75) is 31.0 Å². The number of fused-ring (bicyclic) bond motifs is 1. The van der Waals surface area contributed by atoms with Crippen LogP contribution in [0.5, 0.6) is 0 Å². The average Bonchev–Trinajstić information content (AvgIpc) is 2.74. The molecule has 26 heavy (non-hydrogen) atoms. The molecule has 0 saturated carbocycles. The van der Waals surface area contributed by atoms with Crippen LogP contribution in [0.2, 0.25) is 0 Å². The second-order valence-electron chi connectivity index (χ2n) is 6.38. The Morgan fingerprint density at radius 1 is 1.38 bits per heavy atom. The smallest absolute Gasteiger partial charge is 0.335 e. The number of rotatable bonds is 5. The third-order valence-corrected chi connectivity index (χ3v) is 6.03. The van der Waals surface area contributed by atoms with Gasteiger partial charge < -0.3 is 15.1 Å². The van der Waals surface area contributed by atoms with Gasteiger partial charge in [-0.15, -0.1) is 0 Å². The zero-order valence-corrected chi connectivity index (χ0v) is 15.1. The predicted molar refractivity (Wildman–Crippen MR) is 98.2 cm³/mol. The Balaban J connectivity index is 2.02. The topological polar surface area (TPSA) is 121 Å². The van der Waals surface area contributed by atoms with E-state index in [-0.39, 0.29) is 21.8 Å². The van der Waals surface area contributed by atoms with Crippen LogP contribution in [0.4, 0.5) is 5.69 Å². The summed E-state index contributed by atoms with van der Waals surface area (Å²) in [6, 6.07) is 4.65. The highest BCUT2D eigenvalue weighted by Gasteiger charge is 2.70. The minimum atomic E-state index is -1.82. The van der Waals surface area contributed by atoms with Gasteiger partial charge in [0.05, 0.1) is 32.7 Å². The lowest BCUT2D eigenvalue weighted by atomic mass is 9.81. The van der Waals surface area contributed by atoms with Gasteiger partial charge in [-0.1, -0.05) is 36.6 Å². The minimum absolute atomic E-state index is 0.0279. The molecule has 1 aromatic carbocycles. The number of hydrogen-bond acceptors (Lipinski definition) is 7. The molecule has 0 spiro atoms. The second kappa shape index (κ2) is 6.15. The van der Waals surface area contributed by atoms with Gasteiger partial charge in [-0.3, -0.25) is 14.9 Å². The highest BCUT2D eigenvalue weighted by atomic mass is 32.1. The van der Waals surface area contributed by atoms with Crippen LogP contribution in [-0.2, 0) is 16.0 Å². The molecule has 1 aromatic rings. The maximum atomic E-state index is 12.5. The summed E-state index contributed by atoms with van der Waals surface area (Å²) in [5.41, 5.74) is -1.48. The Labute approximate surface area is 158 Å². The van der Waals surface area contributed by atoms with Gasteiger partial charge in [0.2, 0.25) is 5.91 Å². The summed E-state index contributed by atoms with van der Waals surface area (Å²) in [5, 5.41) is 30.5. The predicted octanol–water partition coefficient (Wildman–Crippen LogP) is 0.922. The van der Waals surface area contributed by atoms with Crippen LogP contribution >= 0.6 is 24.4 Å². The summed E-state index contributed by atoms with van der Waals surface area (Å²) >= 11 is 10.6. The molecule has 8 nitrogen and oxygen atoms in total. The zero-order chi connectivity index (χ0) is 19.4. The van der Waals surface area contributed by atoms with Gasteiger partial charge in [0.15, 0.2) is 5.54 Å². The number of hydrogen-bond donors (Lipinski definition) is 2. The lowest BCUT2D eigenvalue weighted by Gasteiger charge is -2.49. The quantitative estimate of drug-likeness (QED) is 0.327. The molecule has 10 heteroatoms. The number of carbonyl (C=O) groups excluding carboxylic acids is 1. The number of nitro groups is 1. The Hall–Kier alpha value is -2.30. The Kier molecular flexibility index (Phi) is 4.37. The normalized spacial score (nSPS) is 28.5. The maximum absolute atomic E-state index is 12.5. The number of thiocarbonyl (C=S) groups is 2. The second-order valence-corrected chi connectivity index (χ2v) is 7.23. The summed E-state index contributed by atoms with van der Waals surface area (Å²) in [6.07, 6.45) is -1.14. The number of carbonyl (C=O) groups is 2. The van der Waals surface area contributed by atoms with Gasteiger partial charge in [0, 0.05) is 18.6 Å². The van der Waals surface area contributed by atoms with Crippen molar-refractivity contribution in [2.75, 3.05) is 0 Å². The number of carboxylic acids is 1. The van der Waals surface area contributed by atoms with Crippen molar-refractivity contribution in [1.29, 1.82) is 0 Å². The van der Waals surface area contributed by atoms with Crippen LogP contribution in [0.1, 0.15) is 12.5 Å². The Bertz CT molecular complexity index is 853. The molecule has 0 aliphatic carbocycles. The van der Waals surface area contributed by atoms with E-state index in [0.717, 1.165) is 4.90 Å². The largest absolute Gasteiger partial charge is 0.479 e. The fraction of sp³-hybridized carbons (Fsp3) is 0.375. The molecule has 0 bridgehead atoms. The lowest BCUT2D eigenvalue weighted by Crippen LogP contribution is -2.71. The summed E-state index contributed by atoms with van der Waals surface area (Å²) < 4.78 is 0. The molecule has 136 valence electrons. The van der Waals surface area contributed by atoms with E-state index in [1.165, 1.54) is 31.2 Å². The van der Waals surface area contributed by atoms with Gasteiger partial charge in [-0.2, -0.15) is 0 Å². The summed E-state index contributed by atoms with van der Waals surface area (Å²) in [7, 11) is 0. The number of nitro benzene ring substituents is 1. The number of carboxylic acid groups (broad SMARTS) is 1. The lowest BCUT2D eigenvalue weighted by molar-refractivity contribution is -0.384. The Morgan fingerprint density at radius 3 is 2.42 bits per heavy atom. The first-order valence-electron chi connectivity index (χ1n) is 7.69. The van der Waals surface area contributed by atoms with Crippen LogP contribution in [0, 0.1) is 16.0 Å². The van der Waals surface area contributed by atoms with E-state index in [1.54, 1.807) is 0 Å². The molecule has 2 saturated heterocycles. The number of β-lactam (4-membered cyclic amide) rings is 1. The van der Waals surface area contributed by atoms with Crippen molar-refractivity contribution < 1.29 is 24.7 Å². The molecule has 2 N–H and O–H groups in total. The molecule has 2 aliphatic heterocycles. The Morgan fingerprint density at radius 2 is 1.96 bits per heavy atom. The molecule has 2 unspecified atom stereocenters. The van der Waals surface area contributed by atoms with Crippen molar-refractivity contribution in [1.82, 2.24) is 4.90 Å². The van der Waals surface area contributed by atoms with Crippen molar-refractivity contribution in [3.8, 4) is 0 Å². The van der Waals surface area contributed by atoms with E-state index in [9.17, 15) is 29.9 Å². The number of amides is 1. The van der Waals surface area contributed by atoms with E-state index in [1.807, 2.05) is 0 Å². The summed E-state index contributed by atoms with van der Waals surface area (Å²) in [4.78, 5) is 36.2. The highest BCUT2D eigenvalue weighted by molar-refractivity contribution is 7.89. The van der Waals surface area contributed by atoms with E-state index in [4.69, 9.17) is 24.4 Å². The minimum Gasteiger partial charge on any atom is -0.479 e. The van der Waals surface area contributed by atoms with E-state index < -0.39 is 40.4 Å². The molecule has 2 aliphatic rings. The summed E-state index contributed by atoms with van der Waals surface area (Å²) in [5.74, 6) is -2.64.